The molecule has 1 amide bonds. The van der Waals surface area contributed by atoms with Crippen molar-refractivity contribution in [1.82, 2.24) is 4.90 Å². The number of rotatable bonds is 4. The van der Waals surface area contributed by atoms with E-state index in [0.717, 1.165) is 36.6 Å². The van der Waals surface area contributed by atoms with Crippen molar-refractivity contribution in [3.63, 3.8) is 0 Å². The van der Waals surface area contributed by atoms with Crippen LogP contribution in [0.3, 0.4) is 0 Å². The second kappa shape index (κ2) is 7.71. The van der Waals surface area contributed by atoms with Gasteiger partial charge in [0.05, 0.1) is 24.0 Å². The topological polar surface area (TPSA) is 87.9 Å². The number of nitrogens with one attached hydrogen (secondary N) is 1. The number of likely N-dealkylation sites (N-methyl/N-ethyl adjacent to an activating group) is 1. The van der Waals surface area contributed by atoms with Crippen molar-refractivity contribution in [2.45, 2.75) is 12.5 Å². The number of hydrogen-bond acceptors (Lipinski definition) is 6. The number of ether oxygens (including phenoxy) is 1. The quantitative estimate of drug-likeness (QED) is 0.631. The maximum absolute atomic E-state index is 13.2. The molecule has 2 aromatic carbocycles. The van der Waals surface area contributed by atoms with E-state index in [0.29, 0.717) is 12.1 Å². The third-order valence-electron chi connectivity index (χ3n) is 5.80. The number of carbonyl (C=O) groups excluding carboxylic acids is 1. The SMILES string of the molecule is COc1ccc(NC(=O)[C@H]2Cc3cc([N+](=O)[O-])ccc3N3CCN(C)C[C@@H]23)cc1. The monoisotopic (exact) mass is 396 g/mol. The van der Waals surface area contributed by atoms with Crippen LogP contribution in [0.2, 0.25) is 0 Å². The average Bonchev–Trinajstić information content (AvgIpc) is 2.73. The van der Waals surface area contributed by atoms with Gasteiger partial charge < -0.3 is 19.9 Å². The van der Waals surface area contributed by atoms with E-state index in [1.54, 1.807) is 31.4 Å². The molecule has 0 spiro atoms. The summed E-state index contributed by atoms with van der Waals surface area (Å²) < 4.78 is 5.16. The lowest BCUT2D eigenvalue weighted by atomic mass is 9.83. The Morgan fingerprint density at radius 1 is 1.21 bits per heavy atom. The lowest BCUT2D eigenvalue weighted by Crippen LogP contribution is -2.59. The van der Waals surface area contributed by atoms with E-state index in [4.69, 9.17) is 4.74 Å². The summed E-state index contributed by atoms with van der Waals surface area (Å²) in [6.45, 7) is 2.45. The first-order valence-corrected chi connectivity index (χ1v) is 9.63. The van der Waals surface area contributed by atoms with E-state index in [1.165, 1.54) is 0 Å². The minimum Gasteiger partial charge on any atom is -0.497 e. The third-order valence-corrected chi connectivity index (χ3v) is 5.80. The predicted molar refractivity (Wildman–Crippen MR) is 111 cm³/mol. The van der Waals surface area contributed by atoms with E-state index in [-0.39, 0.29) is 28.5 Å². The van der Waals surface area contributed by atoms with E-state index in [2.05, 4.69) is 22.2 Å². The molecule has 1 N–H and O–H groups in total. The Labute approximate surface area is 169 Å². The normalized spacial score (nSPS) is 21.1. The average molecular weight is 396 g/mol. The minimum atomic E-state index is -0.386. The molecule has 2 aliphatic heterocycles. The highest BCUT2D eigenvalue weighted by Crippen LogP contribution is 2.38. The van der Waals surface area contributed by atoms with Gasteiger partial charge in [0, 0.05) is 43.1 Å². The number of non-ortho nitro benzene ring substituents is 1. The molecule has 0 unspecified atom stereocenters. The summed E-state index contributed by atoms with van der Waals surface area (Å²) >= 11 is 0. The Bertz CT molecular complexity index is 931. The molecule has 2 aromatic rings. The molecule has 152 valence electrons. The molecule has 29 heavy (non-hydrogen) atoms. The van der Waals surface area contributed by atoms with Gasteiger partial charge in [-0.2, -0.15) is 0 Å². The van der Waals surface area contributed by atoms with Gasteiger partial charge in [-0.1, -0.05) is 0 Å². The van der Waals surface area contributed by atoms with Crippen molar-refractivity contribution in [3.05, 3.63) is 58.1 Å². The van der Waals surface area contributed by atoms with Crippen molar-refractivity contribution in [1.29, 1.82) is 0 Å². The number of nitro groups is 1. The fraction of sp³-hybridized carbons (Fsp3) is 0.381. The molecule has 4 rings (SSSR count). The summed E-state index contributed by atoms with van der Waals surface area (Å²) in [7, 11) is 3.65. The Morgan fingerprint density at radius 3 is 2.66 bits per heavy atom. The van der Waals surface area contributed by atoms with Gasteiger partial charge in [-0.3, -0.25) is 14.9 Å². The number of carbonyl (C=O) groups is 1. The summed E-state index contributed by atoms with van der Waals surface area (Å²) in [6, 6.07) is 12.2. The molecule has 2 heterocycles. The summed E-state index contributed by atoms with van der Waals surface area (Å²) in [5.41, 5.74) is 2.62. The number of nitrogens with zero attached hydrogens (tertiary/aromatic N) is 3. The van der Waals surface area contributed by atoms with Crippen LogP contribution in [-0.4, -0.2) is 55.6 Å². The van der Waals surface area contributed by atoms with Crippen molar-refractivity contribution < 1.29 is 14.5 Å². The molecule has 0 bridgehead atoms. The Balaban J connectivity index is 1.63. The Morgan fingerprint density at radius 2 is 1.97 bits per heavy atom. The zero-order chi connectivity index (χ0) is 20.5. The highest BCUT2D eigenvalue weighted by molar-refractivity contribution is 5.94. The molecule has 0 saturated carbocycles. The van der Waals surface area contributed by atoms with Gasteiger partial charge in [-0.05, 0) is 49.4 Å². The number of fused-ring (bicyclic) bond motifs is 3. The number of amides is 1. The first kappa shape index (κ1) is 19.2. The lowest BCUT2D eigenvalue weighted by Gasteiger charge is -2.48. The fourth-order valence-electron chi connectivity index (χ4n) is 4.28. The van der Waals surface area contributed by atoms with Crippen molar-refractivity contribution >= 4 is 23.0 Å². The second-order valence-corrected chi connectivity index (χ2v) is 7.62. The van der Waals surface area contributed by atoms with Gasteiger partial charge >= 0.3 is 0 Å². The van der Waals surface area contributed by atoms with Crippen LogP contribution in [0.15, 0.2) is 42.5 Å². The largest absolute Gasteiger partial charge is 0.497 e. The zero-order valence-electron chi connectivity index (χ0n) is 16.5. The van der Waals surface area contributed by atoms with Gasteiger partial charge in [0.2, 0.25) is 5.91 Å². The van der Waals surface area contributed by atoms with Gasteiger partial charge in [-0.15, -0.1) is 0 Å². The first-order chi connectivity index (χ1) is 14.0. The standard InChI is InChI=1S/C21H24N4O4/c1-23-9-10-24-19-8-5-16(25(27)28)11-14(19)12-18(20(24)13-23)21(26)22-15-3-6-17(29-2)7-4-15/h3-8,11,18,20H,9-10,12-13H2,1-2H3,(H,22,26)/t18-,20-/m0/s1. The number of nitro benzene ring substituents is 1. The van der Waals surface area contributed by atoms with Gasteiger partial charge in [0.15, 0.2) is 0 Å². The van der Waals surface area contributed by atoms with Crippen LogP contribution >= 0.6 is 0 Å². The van der Waals surface area contributed by atoms with Crippen LogP contribution in [-0.2, 0) is 11.2 Å². The third kappa shape index (κ3) is 3.75. The molecule has 8 heteroatoms. The van der Waals surface area contributed by atoms with E-state index >= 15 is 0 Å². The van der Waals surface area contributed by atoms with Crippen LogP contribution in [0, 0.1) is 16.0 Å². The smallest absolute Gasteiger partial charge is 0.269 e. The molecule has 0 aromatic heterocycles. The van der Waals surface area contributed by atoms with Crippen molar-refractivity contribution in [3.8, 4) is 5.75 Å². The Hall–Kier alpha value is -3.13. The molecule has 8 nitrogen and oxygen atoms in total. The number of piperazine rings is 1. The lowest BCUT2D eigenvalue weighted by molar-refractivity contribution is -0.384. The molecule has 1 fully saturated rings. The van der Waals surface area contributed by atoms with Crippen molar-refractivity contribution in [2.75, 3.05) is 44.0 Å². The molecule has 2 atom stereocenters. The summed E-state index contributed by atoms with van der Waals surface area (Å²) in [5, 5.41) is 14.2. The number of anilines is 2. The summed E-state index contributed by atoms with van der Waals surface area (Å²) in [4.78, 5) is 28.5. The minimum absolute atomic E-state index is 0.0287. The summed E-state index contributed by atoms with van der Waals surface area (Å²) in [5.74, 6) is 0.356. The highest BCUT2D eigenvalue weighted by Gasteiger charge is 2.41. The predicted octanol–water partition coefficient (Wildman–Crippen LogP) is 2.53. The number of methoxy groups -OCH3 is 1. The van der Waals surface area contributed by atoms with E-state index in [9.17, 15) is 14.9 Å². The van der Waals surface area contributed by atoms with Crippen LogP contribution in [0.4, 0.5) is 17.1 Å². The van der Waals surface area contributed by atoms with Gasteiger partial charge in [-0.25, -0.2) is 0 Å². The number of benzene rings is 2. The maximum atomic E-state index is 13.2. The van der Waals surface area contributed by atoms with E-state index in [1.807, 2.05) is 18.2 Å². The second-order valence-electron chi connectivity index (χ2n) is 7.62. The molecule has 0 aliphatic carbocycles. The number of hydrogen-bond donors (Lipinski definition) is 1. The molecular formula is C21H24N4O4. The van der Waals surface area contributed by atoms with Gasteiger partial charge in [0.1, 0.15) is 5.75 Å². The molecule has 2 aliphatic rings. The zero-order valence-corrected chi connectivity index (χ0v) is 16.5. The maximum Gasteiger partial charge on any atom is 0.269 e. The molecule has 0 radical (unpaired) electrons. The highest BCUT2D eigenvalue weighted by atomic mass is 16.6. The molecular weight excluding hydrogens is 372 g/mol. The van der Waals surface area contributed by atoms with E-state index < -0.39 is 0 Å². The van der Waals surface area contributed by atoms with Crippen LogP contribution in [0.1, 0.15) is 5.56 Å². The Kier molecular flexibility index (Phi) is 5.10. The van der Waals surface area contributed by atoms with Gasteiger partial charge in [0.25, 0.3) is 5.69 Å². The van der Waals surface area contributed by atoms with Crippen molar-refractivity contribution in [2.24, 2.45) is 5.92 Å². The molecule has 1 saturated heterocycles. The first-order valence-electron chi connectivity index (χ1n) is 9.63. The van der Waals surface area contributed by atoms with Crippen LogP contribution in [0.5, 0.6) is 5.75 Å². The fourth-order valence-corrected chi connectivity index (χ4v) is 4.28. The van der Waals surface area contributed by atoms with Crippen LogP contribution < -0.4 is 15.0 Å². The summed E-state index contributed by atoms with van der Waals surface area (Å²) in [6.07, 6.45) is 0.480. The van der Waals surface area contributed by atoms with Crippen LogP contribution in [0.25, 0.3) is 0 Å².